The summed E-state index contributed by atoms with van der Waals surface area (Å²) in [5, 5.41) is 0. The molecule has 0 radical (unpaired) electrons. The van der Waals surface area contributed by atoms with E-state index in [1.165, 1.54) is 25.3 Å². The molecule has 0 unspecified atom stereocenters. The highest BCUT2D eigenvalue weighted by molar-refractivity contribution is 7.89. The summed E-state index contributed by atoms with van der Waals surface area (Å²) in [4.78, 5) is 25.3. The van der Waals surface area contributed by atoms with Gasteiger partial charge in [0, 0.05) is 18.9 Å². The highest BCUT2D eigenvalue weighted by Gasteiger charge is 2.33. The van der Waals surface area contributed by atoms with E-state index >= 15 is 0 Å². The monoisotopic (exact) mass is 444 g/mol. The van der Waals surface area contributed by atoms with Crippen LogP contribution in [0.15, 0.2) is 53.4 Å². The molecular weight excluding hydrogens is 416 g/mol. The fourth-order valence-corrected chi connectivity index (χ4v) is 5.27. The average Bonchev–Trinajstić information content (AvgIpc) is 3.05. The number of rotatable bonds is 8. The minimum Gasteiger partial charge on any atom is -0.495 e. The first-order valence-corrected chi connectivity index (χ1v) is 11.6. The molecule has 1 saturated heterocycles. The standard InChI is InChI=1S/C23H28N2O5S/c1-16(15-23(2,3)17-8-6-5-7-9-17)24-31(28,29)18-10-11-20(30-4)19(14-18)25-21(26)12-13-22(25)27/h5-11,14,16,24H,12-13,15H2,1-4H3/t16-/m0/s1. The first-order valence-electron chi connectivity index (χ1n) is 10.2. The Morgan fingerprint density at radius 3 is 2.26 bits per heavy atom. The first kappa shape index (κ1) is 23.0. The van der Waals surface area contributed by atoms with Crippen LogP contribution >= 0.6 is 0 Å². The number of ether oxygens (including phenoxy) is 1. The second kappa shape index (κ2) is 8.80. The highest BCUT2D eigenvalue weighted by Crippen LogP contribution is 2.34. The van der Waals surface area contributed by atoms with Crippen LogP contribution in [0.25, 0.3) is 0 Å². The van der Waals surface area contributed by atoms with Crippen LogP contribution < -0.4 is 14.4 Å². The molecule has 1 N–H and O–H groups in total. The van der Waals surface area contributed by atoms with Crippen LogP contribution in [0.1, 0.15) is 45.6 Å². The van der Waals surface area contributed by atoms with Crippen molar-refractivity contribution in [2.75, 3.05) is 12.0 Å². The van der Waals surface area contributed by atoms with Gasteiger partial charge in [-0.1, -0.05) is 44.2 Å². The van der Waals surface area contributed by atoms with Crippen molar-refractivity contribution in [2.24, 2.45) is 0 Å². The number of anilines is 1. The maximum atomic E-state index is 13.1. The number of carbonyl (C=O) groups is 2. The van der Waals surface area contributed by atoms with Gasteiger partial charge in [-0.15, -0.1) is 0 Å². The third-order valence-electron chi connectivity index (χ3n) is 5.48. The van der Waals surface area contributed by atoms with Crippen molar-refractivity contribution in [1.82, 2.24) is 4.72 Å². The molecule has 0 aliphatic carbocycles. The van der Waals surface area contributed by atoms with E-state index in [2.05, 4.69) is 18.6 Å². The van der Waals surface area contributed by atoms with Crippen molar-refractivity contribution in [3.63, 3.8) is 0 Å². The summed E-state index contributed by atoms with van der Waals surface area (Å²) in [6.07, 6.45) is 0.786. The van der Waals surface area contributed by atoms with Crippen LogP contribution in [0.4, 0.5) is 5.69 Å². The number of imide groups is 1. The van der Waals surface area contributed by atoms with E-state index in [4.69, 9.17) is 4.74 Å². The molecular formula is C23H28N2O5S. The average molecular weight is 445 g/mol. The predicted octanol–water partition coefficient (Wildman–Crippen LogP) is 3.38. The van der Waals surface area contributed by atoms with Gasteiger partial charge < -0.3 is 4.74 Å². The molecule has 3 rings (SSSR count). The molecule has 1 fully saturated rings. The van der Waals surface area contributed by atoms with Crippen LogP contribution in [-0.2, 0) is 25.0 Å². The Labute approximate surface area is 183 Å². The largest absolute Gasteiger partial charge is 0.495 e. The van der Waals surface area contributed by atoms with Crippen molar-refractivity contribution >= 4 is 27.5 Å². The Morgan fingerprint density at radius 2 is 1.68 bits per heavy atom. The summed E-state index contributed by atoms with van der Waals surface area (Å²) in [5.74, 6) is -0.478. The number of nitrogens with zero attached hydrogens (tertiary/aromatic N) is 1. The molecule has 0 aromatic heterocycles. The van der Waals surface area contributed by atoms with Crippen LogP contribution in [-0.4, -0.2) is 33.4 Å². The third-order valence-corrected chi connectivity index (χ3v) is 7.07. The first-order chi connectivity index (χ1) is 14.5. The number of hydrogen-bond acceptors (Lipinski definition) is 5. The topological polar surface area (TPSA) is 92.8 Å². The SMILES string of the molecule is COc1ccc(S(=O)(=O)N[C@@H](C)CC(C)(C)c2ccccc2)cc1N1C(=O)CCC1=O. The van der Waals surface area contributed by atoms with Crippen LogP contribution in [0.3, 0.4) is 0 Å². The van der Waals surface area contributed by atoms with Crippen LogP contribution in [0, 0.1) is 0 Å². The van der Waals surface area contributed by atoms with E-state index in [9.17, 15) is 18.0 Å². The molecule has 2 amide bonds. The van der Waals surface area contributed by atoms with E-state index in [0.717, 1.165) is 10.5 Å². The number of amides is 2. The maximum Gasteiger partial charge on any atom is 0.240 e. The molecule has 0 saturated carbocycles. The normalized spacial score (nSPS) is 15.9. The summed E-state index contributed by atoms with van der Waals surface area (Å²) in [6.45, 7) is 5.96. The Morgan fingerprint density at radius 1 is 1.06 bits per heavy atom. The van der Waals surface area contributed by atoms with Gasteiger partial charge in [0.2, 0.25) is 21.8 Å². The molecule has 0 spiro atoms. The van der Waals surface area contributed by atoms with Crippen molar-refractivity contribution in [3.05, 3.63) is 54.1 Å². The van der Waals surface area contributed by atoms with Gasteiger partial charge in [0.25, 0.3) is 0 Å². The van der Waals surface area contributed by atoms with E-state index in [1.54, 1.807) is 0 Å². The minimum absolute atomic E-state index is 0.0276. The number of benzene rings is 2. The van der Waals surface area contributed by atoms with Crippen LogP contribution in [0.2, 0.25) is 0 Å². The Hall–Kier alpha value is -2.71. The number of carbonyl (C=O) groups excluding carboxylic acids is 2. The quantitative estimate of drug-likeness (QED) is 0.630. The minimum atomic E-state index is -3.88. The van der Waals surface area contributed by atoms with Gasteiger partial charge in [0.15, 0.2) is 0 Å². The van der Waals surface area contributed by atoms with Gasteiger partial charge in [-0.25, -0.2) is 18.0 Å². The lowest BCUT2D eigenvalue weighted by Gasteiger charge is -2.29. The highest BCUT2D eigenvalue weighted by atomic mass is 32.2. The van der Waals surface area contributed by atoms with E-state index < -0.39 is 10.0 Å². The molecule has 1 heterocycles. The zero-order chi connectivity index (χ0) is 22.8. The molecule has 1 atom stereocenters. The summed E-state index contributed by atoms with van der Waals surface area (Å²) >= 11 is 0. The lowest BCUT2D eigenvalue weighted by molar-refractivity contribution is -0.121. The van der Waals surface area contributed by atoms with E-state index in [1.807, 2.05) is 37.3 Å². The maximum absolute atomic E-state index is 13.1. The number of methoxy groups -OCH3 is 1. The summed E-state index contributed by atoms with van der Waals surface area (Å²) < 4.78 is 34.1. The Balaban J connectivity index is 1.84. The van der Waals surface area contributed by atoms with Gasteiger partial charge in [-0.2, -0.15) is 0 Å². The fraction of sp³-hybridized carbons (Fsp3) is 0.391. The Kier molecular flexibility index (Phi) is 6.52. The molecule has 1 aliphatic heterocycles. The number of nitrogens with one attached hydrogen (secondary N) is 1. The van der Waals surface area contributed by atoms with Crippen LogP contribution in [0.5, 0.6) is 5.75 Å². The van der Waals surface area contributed by atoms with Gasteiger partial charge in [0.05, 0.1) is 17.7 Å². The molecule has 2 aromatic rings. The van der Waals surface area contributed by atoms with Crippen molar-refractivity contribution in [2.45, 2.75) is 56.4 Å². The molecule has 0 bridgehead atoms. The fourth-order valence-electron chi connectivity index (χ4n) is 4.00. The van der Waals surface area contributed by atoms with Crippen molar-refractivity contribution in [1.29, 1.82) is 0 Å². The lowest BCUT2D eigenvalue weighted by atomic mass is 9.79. The van der Waals surface area contributed by atoms with E-state index in [0.29, 0.717) is 6.42 Å². The van der Waals surface area contributed by atoms with E-state index in [-0.39, 0.29) is 52.4 Å². The van der Waals surface area contributed by atoms with Crippen molar-refractivity contribution < 1.29 is 22.7 Å². The predicted molar refractivity (Wildman–Crippen MR) is 119 cm³/mol. The van der Waals surface area contributed by atoms with Gasteiger partial charge in [-0.3, -0.25) is 9.59 Å². The number of hydrogen-bond donors (Lipinski definition) is 1. The van der Waals surface area contributed by atoms with Gasteiger partial charge in [-0.05, 0) is 42.5 Å². The summed E-state index contributed by atoms with van der Waals surface area (Å²) in [5.41, 5.74) is 1.04. The lowest BCUT2D eigenvalue weighted by Crippen LogP contribution is -2.37. The summed E-state index contributed by atoms with van der Waals surface area (Å²) in [6, 6.07) is 13.8. The second-order valence-corrected chi connectivity index (χ2v) is 10.1. The molecule has 1 aliphatic rings. The van der Waals surface area contributed by atoms with Crippen molar-refractivity contribution in [3.8, 4) is 5.75 Å². The third kappa shape index (κ3) is 4.97. The van der Waals surface area contributed by atoms with Gasteiger partial charge >= 0.3 is 0 Å². The molecule has 2 aromatic carbocycles. The molecule has 8 heteroatoms. The Bertz CT molecular complexity index is 1060. The zero-order valence-electron chi connectivity index (χ0n) is 18.2. The number of sulfonamides is 1. The second-order valence-electron chi connectivity index (χ2n) is 8.43. The zero-order valence-corrected chi connectivity index (χ0v) is 19.0. The molecule has 7 nitrogen and oxygen atoms in total. The van der Waals surface area contributed by atoms with Gasteiger partial charge in [0.1, 0.15) is 5.75 Å². The molecule has 31 heavy (non-hydrogen) atoms. The smallest absolute Gasteiger partial charge is 0.240 e. The summed E-state index contributed by atoms with van der Waals surface area (Å²) in [7, 11) is -2.47. The molecule has 166 valence electrons.